The molecule has 4 N–H and O–H groups in total. The molecule has 0 atom stereocenters. The average molecular weight is 347 g/mol. The molecule has 0 bridgehead atoms. The Kier molecular flexibility index (Phi) is 8.22. The number of aromatic nitrogens is 1. The van der Waals surface area contributed by atoms with Gasteiger partial charge in [0, 0.05) is 11.8 Å². The third-order valence-electron chi connectivity index (χ3n) is 2.04. The average Bonchev–Trinajstić information content (AvgIpc) is 2.81. The summed E-state index contributed by atoms with van der Waals surface area (Å²) in [5.74, 6) is -1.54. The lowest BCUT2D eigenvalue weighted by Crippen LogP contribution is -2.40. The van der Waals surface area contributed by atoms with E-state index >= 15 is 0 Å². The molecule has 120 valence electrons. The van der Waals surface area contributed by atoms with Gasteiger partial charge >= 0.3 is 6.18 Å². The van der Waals surface area contributed by atoms with Crippen LogP contribution in [0.5, 0.6) is 0 Å². The van der Waals surface area contributed by atoms with Crippen molar-refractivity contribution in [1.82, 2.24) is 15.6 Å². The van der Waals surface area contributed by atoms with E-state index < -0.39 is 31.1 Å². The first-order chi connectivity index (χ1) is 9.31. The lowest BCUT2D eigenvalue weighted by atomic mass is 10.4. The fourth-order valence-corrected chi connectivity index (χ4v) is 1.96. The number of nitrogens with two attached hydrogens (primary N) is 1. The SMILES string of the molecule is Cl.NCCc1nc(C(=O)NCC(=O)NCC(F)(F)F)cs1. The van der Waals surface area contributed by atoms with Crippen molar-refractivity contribution in [3.8, 4) is 0 Å². The smallest absolute Gasteiger partial charge is 0.345 e. The molecule has 0 saturated carbocycles. The third kappa shape index (κ3) is 7.83. The highest BCUT2D eigenvalue weighted by Crippen LogP contribution is 2.12. The summed E-state index contributed by atoms with van der Waals surface area (Å²) in [6.45, 7) is -1.58. The Hall–Kier alpha value is -1.39. The van der Waals surface area contributed by atoms with Crippen LogP contribution < -0.4 is 16.4 Å². The number of rotatable bonds is 6. The summed E-state index contributed by atoms with van der Waals surface area (Å²) in [6, 6.07) is 0. The van der Waals surface area contributed by atoms with Crippen molar-refractivity contribution < 1.29 is 22.8 Å². The zero-order chi connectivity index (χ0) is 15.2. The molecule has 0 aromatic carbocycles. The van der Waals surface area contributed by atoms with E-state index in [-0.39, 0.29) is 18.1 Å². The molecule has 0 spiro atoms. The highest BCUT2D eigenvalue weighted by Gasteiger charge is 2.27. The number of amides is 2. The highest BCUT2D eigenvalue weighted by molar-refractivity contribution is 7.09. The van der Waals surface area contributed by atoms with Gasteiger partial charge in [-0.15, -0.1) is 23.7 Å². The summed E-state index contributed by atoms with van der Waals surface area (Å²) < 4.78 is 35.5. The summed E-state index contributed by atoms with van der Waals surface area (Å²) in [7, 11) is 0. The Morgan fingerprint density at radius 2 is 2.00 bits per heavy atom. The van der Waals surface area contributed by atoms with Gasteiger partial charge in [-0.3, -0.25) is 9.59 Å². The summed E-state index contributed by atoms with van der Waals surface area (Å²) >= 11 is 1.25. The summed E-state index contributed by atoms with van der Waals surface area (Å²) in [4.78, 5) is 26.6. The molecule has 11 heteroatoms. The van der Waals surface area contributed by atoms with Crippen molar-refractivity contribution in [3.63, 3.8) is 0 Å². The van der Waals surface area contributed by atoms with Crippen LogP contribution in [0.2, 0.25) is 0 Å². The van der Waals surface area contributed by atoms with Crippen molar-refractivity contribution in [2.75, 3.05) is 19.6 Å². The van der Waals surface area contributed by atoms with E-state index in [2.05, 4.69) is 10.3 Å². The van der Waals surface area contributed by atoms with Crippen molar-refractivity contribution >= 4 is 35.6 Å². The van der Waals surface area contributed by atoms with Gasteiger partial charge in [-0.25, -0.2) is 4.98 Å². The predicted molar refractivity (Wildman–Crippen MR) is 73.5 cm³/mol. The van der Waals surface area contributed by atoms with Crippen LogP contribution in [0.15, 0.2) is 5.38 Å². The first kappa shape index (κ1) is 19.6. The van der Waals surface area contributed by atoms with E-state index in [4.69, 9.17) is 5.73 Å². The number of nitrogens with one attached hydrogen (secondary N) is 2. The molecular formula is C10H14ClF3N4O2S. The van der Waals surface area contributed by atoms with Crippen LogP contribution in [0.25, 0.3) is 0 Å². The van der Waals surface area contributed by atoms with Gasteiger partial charge in [0.1, 0.15) is 12.2 Å². The van der Waals surface area contributed by atoms with E-state index in [1.807, 2.05) is 0 Å². The van der Waals surface area contributed by atoms with Crippen LogP contribution in [0.1, 0.15) is 15.5 Å². The van der Waals surface area contributed by atoms with Crippen molar-refractivity contribution in [2.45, 2.75) is 12.6 Å². The molecule has 0 aliphatic rings. The molecule has 0 unspecified atom stereocenters. The quantitative estimate of drug-likeness (QED) is 0.697. The Balaban J connectivity index is 0.00000400. The van der Waals surface area contributed by atoms with Gasteiger partial charge in [0.25, 0.3) is 5.91 Å². The lowest BCUT2D eigenvalue weighted by molar-refractivity contribution is -0.137. The Morgan fingerprint density at radius 3 is 2.57 bits per heavy atom. The second-order valence-electron chi connectivity index (χ2n) is 3.74. The van der Waals surface area contributed by atoms with Crippen molar-refractivity contribution in [3.05, 3.63) is 16.1 Å². The van der Waals surface area contributed by atoms with Gasteiger partial charge in [-0.2, -0.15) is 13.2 Å². The van der Waals surface area contributed by atoms with Gasteiger partial charge in [0.15, 0.2) is 0 Å². The number of carbonyl (C=O) groups excluding carboxylic acids is 2. The second kappa shape index (κ2) is 8.80. The van der Waals surface area contributed by atoms with Crippen molar-refractivity contribution in [1.29, 1.82) is 0 Å². The van der Waals surface area contributed by atoms with E-state index in [9.17, 15) is 22.8 Å². The number of hydrogen-bond donors (Lipinski definition) is 3. The molecular weight excluding hydrogens is 333 g/mol. The minimum atomic E-state index is -4.48. The lowest BCUT2D eigenvalue weighted by Gasteiger charge is -2.08. The second-order valence-corrected chi connectivity index (χ2v) is 4.68. The summed E-state index contributed by atoms with van der Waals surface area (Å²) in [5.41, 5.74) is 5.45. The number of carbonyl (C=O) groups is 2. The van der Waals surface area contributed by atoms with E-state index in [0.29, 0.717) is 18.0 Å². The molecule has 21 heavy (non-hydrogen) atoms. The monoisotopic (exact) mass is 346 g/mol. The van der Waals surface area contributed by atoms with Crippen LogP contribution in [0.4, 0.5) is 13.2 Å². The van der Waals surface area contributed by atoms with Crippen LogP contribution >= 0.6 is 23.7 Å². The Morgan fingerprint density at radius 1 is 1.33 bits per heavy atom. The maximum atomic E-state index is 11.8. The van der Waals surface area contributed by atoms with Gasteiger partial charge < -0.3 is 16.4 Å². The number of nitrogens with zero attached hydrogens (tertiary/aromatic N) is 1. The zero-order valence-corrected chi connectivity index (χ0v) is 12.3. The largest absolute Gasteiger partial charge is 0.405 e. The fraction of sp³-hybridized carbons (Fsp3) is 0.500. The number of hydrogen-bond acceptors (Lipinski definition) is 5. The fourth-order valence-electron chi connectivity index (χ4n) is 1.17. The Bertz CT molecular complexity index is 481. The normalized spacial score (nSPS) is 10.7. The zero-order valence-electron chi connectivity index (χ0n) is 10.7. The van der Waals surface area contributed by atoms with E-state index in [0.717, 1.165) is 0 Å². The van der Waals surface area contributed by atoms with Crippen LogP contribution in [0.3, 0.4) is 0 Å². The number of alkyl halides is 3. The molecule has 0 aliphatic carbocycles. The molecule has 1 aromatic rings. The summed E-state index contributed by atoms with van der Waals surface area (Å²) in [6.07, 6.45) is -3.95. The van der Waals surface area contributed by atoms with E-state index in [1.54, 1.807) is 5.32 Å². The first-order valence-electron chi connectivity index (χ1n) is 5.58. The molecule has 2 amide bonds. The Labute approximate surface area is 128 Å². The first-order valence-corrected chi connectivity index (χ1v) is 6.46. The topological polar surface area (TPSA) is 97.1 Å². The molecule has 1 heterocycles. The summed E-state index contributed by atoms with van der Waals surface area (Å²) in [5, 5.41) is 6.00. The highest BCUT2D eigenvalue weighted by atomic mass is 35.5. The minimum absolute atomic E-state index is 0. The van der Waals surface area contributed by atoms with E-state index in [1.165, 1.54) is 16.7 Å². The molecule has 0 saturated heterocycles. The van der Waals surface area contributed by atoms with Gasteiger partial charge in [0.05, 0.1) is 11.6 Å². The predicted octanol–water partition coefficient (Wildman–Crippen LogP) is 0.474. The van der Waals surface area contributed by atoms with Crippen LogP contribution in [-0.4, -0.2) is 42.6 Å². The minimum Gasteiger partial charge on any atom is -0.345 e. The maximum Gasteiger partial charge on any atom is 0.405 e. The van der Waals surface area contributed by atoms with Crippen molar-refractivity contribution in [2.24, 2.45) is 5.73 Å². The van der Waals surface area contributed by atoms with Crippen LogP contribution in [0, 0.1) is 0 Å². The van der Waals surface area contributed by atoms with Gasteiger partial charge in [-0.05, 0) is 6.54 Å². The third-order valence-corrected chi connectivity index (χ3v) is 2.95. The molecule has 6 nitrogen and oxygen atoms in total. The number of halogens is 4. The number of thiazole rings is 1. The van der Waals surface area contributed by atoms with Gasteiger partial charge in [-0.1, -0.05) is 0 Å². The van der Waals surface area contributed by atoms with Crippen LogP contribution in [-0.2, 0) is 11.2 Å². The standard InChI is InChI=1S/C10H13F3N4O2S.ClH/c11-10(12,13)5-16-7(18)3-15-9(19)6-4-20-8(17-6)1-2-14;/h4H,1-3,5,14H2,(H,15,19)(H,16,18);1H. The molecule has 0 radical (unpaired) electrons. The molecule has 1 aromatic heterocycles. The molecule has 1 rings (SSSR count). The molecule has 0 aliphatic heterocycles. The molecule has 0 fully saturated rings. The maximum absolute atomic E-state index is 11.8. The van der Waals surface area contributed by atoms with Gasteiger partial charge in [0.2, 0.25) is 5.91 Å².